The molecule has 0 heterocycles. The summed E-state index contributed by atoms with van der Waals surface area (Å²) in [5, 5.41) is 13.3. The Morgan fingerprint density at radius 1 is 0.333 bits per heavy atom. The van der Waals surface area contributed by atoms with Crippen molar-refractivity contribution in [1.82, 2.24) is 0 Å². The van der Waals surface area contributed by atoms with E-state index in [9.17, 15) is 0 Å². The van der Waals surface area contributed by atoms with Crippen LogP contribution in [-0.4, -0.2) is 0 Å². The van der Waals surface area contributed by atoms with Crippen molar-refractivity contribution in [3.05, 3.63) is 156 Å². The molecule has 0 aliphatic carbocycles. The van der Waals surface area contributed by atoms with Gasteiger partial charge in [-0.3, -0.25) is 0 Å². The molecule has 0 saturated heterocycles. The minimum absolute atomic E-state index is 0.991. The van der Waals surface area contributed by atoms with Gasteiger partial charge < -0.3 is 0 Å². The van der Waals surface area contributed by atoms with Crippen LogP contribution in [-0.2, 0) is 19.3 Å². The van der Waals surface area contributed by atoms with Crippen LogP contribution in [0.5, 0.6) is 0 Å². The van der Waals surface area contributed by atoms with Crippen molar-refractivity contribution in [3.8, 4) is 33.4 Å². The molecule has 0 N–H and O–H groups in total. The summed E-state index contributed by atoms with van der Waals surface area (Å²) in [6.07, 6.45) is 2.99. The van der Waals surface area contributed by atoms with Crippen molar-refractivity contribution in [2.75, 3.05) is 0 Å². The molecule has 0 atom stereocenters. The average molecular weight is 615 g/mol. The van der Waals surface area contributed by atoms with E-state index in [0.717, 1.165) is 19.3 Å². The molecule has 0 fully saturated rings. The third-order valence-corrected chi connectivity index (χ3v) is 10.7. The summed E-state index contributed by atoms with van der Waals surface area (Å²) in [5.41, 5.74) is 11.9. The van der Waals surface area contributed by atoms with E-state index < -0.39 is 0 Å². The van der Waals surface area contributed by atoms with Gasteiger partial charge >= 0.3 is 0 Å². The second-order valence-corrected chi connectivity index (χ2v) is 13.3. The highest BCUT2D eigenvalue weighted by Crippen LogP contribution is 2.48. The van der Waals surface area contributed by atoms with E-state index in [2.05, 4.69) is 160 Å². The van der Waals surface area contributed by atoms with Crippen molar-refractivity contribution in [2.24, 2.45) is 0 Å². The van der Waals surface area contributed by atoms with E-state index >= 15 is 0 Å². The Bertz CT molecular complexity index is 2640. The summed E-state index contributed by atoms with van der Waals surface area (Å²) in [7, 11) is 0. The van der Waals surface area contributed by atoms with Crippen LogP contribution in [0.25, 0.3) is 87.2 Å². The van der Waals surface area contributed by atoms with Gasteiger partial charge in [-0.15, -0.1) is 0 Å². The summed E-state index contributed by atoms with van der Waals surface area (Å²) in [6.45, 7) is 6.80. The lowest BCUT2D eigenvalue weighted by atomic mass is 9.81. The summed E-state index contributed by atoms with van der Waals surface area (Å²) < 4.78 is 0. The summed E-state index contributed by atoms with van der Waals surface area (Å²) in [5.74, 6) is 0. The monoisotopic (exact) mass is 614 g/mol. The number of hydrogen-bond donors (Lipinski definition) is 0. The Balaban J connectivity index is 1.44. The molecule has 230 valence electrons. The molecule has 48 heavy (non-hydrogen) atoms. The molecular weight excluding hydrogens is 577 g/mol. The Labute approximate surface area is 282 Å². The molecule has 0 saturated carbocycles. The molecule has 9 aromatic rings. The zero-order valence-electron chi connectivity index (χ0n) is 27.9. The van der Waals surface area contributed by atoms with Crippen molar-refractivity contribution < 1.29 is 0 Å². The Kier molecular flexibility index (Phi) is 6.80. The van der Waals surface area contributed by atoms with Crippen LogP contribution >= 0.6 is 0 Å². The normalized spacial score (nSPS) is 11.9. The lowest BCUT2D eigenvalue weighted by molar-refractivity contribution is 1.14. The van der Waals surface area contributed by atoms with Crippen LogP contribution in [0.3, 0.4) is 0 Å². The predicted octanol–water partition coefficient (Wildman–Crippen LogP) is 13.6. The highest BCUT2D eigenvalue weighted by molar-refractivity contribution is 6.29. The predicted molar refractivity (Wildman–Crippen MR) is 210 cm³/mol. The number of benzene rings is 9. The zero-order valence-corrected chi connectivity index (χ0v) is 27.9. The first-order chi connectivity index (χ1) is 23.6. The molecule has 0 heteroatoms. The van der Waals surface area contributed by atoms with Gasteiger partial charge in [0, 0.05) is 0 Å². The maximum absolute atomic E-state index is 2.47. The van der Waals surface area contributed by atoms with Gasteiger partial charge in [0.25, 0.3) is 0 Å². The van der Waals surface area contributed by atoms with Crippen LogP contribution in [0, 0.1) is 0 Å². The fourth-order valence-electron chi connectivity index (χ4n) is 8.15. The molecule has 0 radical (unpaired) electrons. The highest BCUT2D eigenvalue weighted by atomic mass is 14.2. The molecule has 9 aromatic carbocycles. The first-order valence-corrected chi connectivity index (χ1v) is 17.5. The molecule has 0 nitrogen and oxygen atoms in total. The quantitative estimate of drug-likeness (QED) is 0.129. The minimum atomic E-state index is 0.991. The molecule has 0 unspecified atom stereocenters. The standard InChI is InChI=1S/C48H38/c1-4-30-16-22-42-43(27-30)46(38-26-32(6-3)25-37(29-38)33-11-8-7-9-12-33)41-21-15-31(5-2)28-44(41)48(42)40-24-20-36-18-17-34-13-10-14-35-19-23-39(40)47(36)45(34)35/h7-29H,4-6H2,1-3H3. The lowest BCUT2D eigenvalue weighted by Gasteiger charge is -2.22. The summed E-state index contributed by atoms with van der Waals surface area (Å²) in [4.78, 5) is 0. The van der Waals surface area contributed by atoms with E-state index in [0.29, 0.717) is 0 Å². The van der Waals surface area contributed by atoms with Gasteiger partial charge in [0.05, 0.1) is 0 Å². The van der Waals surface area contributed by atoms with E-state index in [4.69, 9.17) is 0 Å². The van der Waals surface area contributed by atoms with Gasteiger partial charge in [0.1, 0.15) is 0 Å². The third-order valence-electron chi connectivity index (χ3n) is 10.7. The highest BCUT2D eigenvalue weighted by Gasteiger charge is 2.21. The first-order valence-electron chi connectivity index (χ1n) is 17.5. The summed E-state index contributed by atoms with van der Waals surface area (Å²) >= 11 is 0. The second-order valence-electron chi connectivity index (χ2n) is 13.3. The van der Waals surface area contributed by atoms with E-state index in [-0.39, 0.29) is 0 Å². The van der Waals surface area contributed by atoms with Crippen LogP contribution < -0.4 is 0 Å². The maximum Gasteiger partial charge on any atom is -0.00200 e. The second kappa shape index (κ2) is 11.4. The number of hydrogen-bond acceptors (Lipinski definition) is 0. The Morgan fingerprint density at radius 3 is 1.58 bits per heavy atom. The fraction of sp³-hybridized carbons (Fsp3) is 0.125. The molecular formula is C48H38. The molecule has 0 spiro atoms. The number of aryl methyl sites for hydroxylation is 3. The Morgan fingerprint density at radius 2 is 0.896 bits per heavy atom. The van der Waals surface area contributed by atoms with Gasteiger partial charge in [0.2, 0.25) is 0 Å². The largest absolute Gasteiger partial charge is 0.0622 e. The SMILES string of the molecule is CCc1cc(-c2ccccc2)cc(-c2c3cc(CC)ccc3c(-c3ccc4ccc5cccc6ccc3c4c56)c3cc(CC)ccc23)c1. The van der Waals surface area contributed by atoms with Gasteiger partial charge in [0.15, 0.2) is 0 Å². The summed E-state index contributed by atoms with van der Waals surface area (Å²) in [6, 6.07) is 53.2. The van der Waals surface area contributed by atoms with Gasteiger partial charge in [-0.05, 0) is 129 Å². The molecule has 0 aliphatic heterocycles. The van der Waals surface area contributed by atoms with Crippen molar-refractivity contribution in [2.45, 2.75) is 40.0 Å². The van der Waals surface area contributed by atoms with Gasteiger partial charge in [-0.1, -0.05) is 154 Å². The number of fused-ring (bicyclic) bond motifs is 2. The van der Waals surface area contributed by atoms with Crippen molar-refractivity contribution in [1.29, 1.82) is 0 Å². The molecule has 0 aromatic heterocycles. The van der Waals surface area contributed by atoms with Crippen LogP contribution in [0.4, 0.5) is 0 Å². The molecule has 9 rings (SSSR count). The zero-order chi connectivity index (χ0) is 32.4. The lowest BCUT2D eigenvalue weighted by Crippen LogP contribution is -1.96. The van der Waals surface area contributed by atoms with Gasteiger partial charge in [-0.25, -0.2) is 0 Å². The first kappa shape index (κ1) is 28.7. The van der Waals surface area contributed by atoms with Crippen molar-refractivity contribution in [3.63, 3.8) is 0 Å². The van der Waals surface area contributed by atoms with Gasteiger partial charge in [-0.2, -0.15) is 0 Å². The fourth-order valence-corrected chi connectivity index (χ4v) is 8.15. The van der Waals surface area contributed by atoms with Crippen molar-refractivity contribution >= 4 is 53.9 Å². The third kappa shape index (κ3) is 4.44. The smallest absolute Gasteiger partial charge is 0.00200 e. The molecule has 0 bridgehead atoms. The average Bonchev–Trinajstić information content (AvgIpc) is 3.15. The molecule has 0 amide bonds. The van der Waals surface area contributed by atoms with E-state index in [1.807, 2.05) is 0 Å². The minimum Gasteiger partial charge on any atom is -0.0622 e. The van der Waals surface area contributed by atoms with Crippen LogP contribution in [0.15, 0.2) is 140 Å². The Hall–Kier alpha value is -5.46. The van der Waals surface area contributed by atoms with E-state index in [1.165, 1.54) is 104 Å². The number of rotatable bonds is 6. The molecule has 0 aliphatic rings. The maximum atomic E-state index is 2.47. The van der Waals surface area contributed by atoms with Crippen LogP contribution in [0.1, 0.15) is 37.5 Å². The van der Waals surface area contributed by atoms with E-state index in [1.54, 1.807) is 0 Å². The van der Waals surface area contributed by atoms with Crippen LogP contribution in [0.2, 0.25) is 0 Å². The topological polar surface area (TPSA) is 0 Å².